The molecule has 2 aromatic heterocycles. The Hall–Kier alpha value is -5.20. The third kappa shape index (κ3) is 8.32. The summed E-state index contributed by atoms with van der Waals surface area (Å²) in [5, 5.41) is 5.24. The number of benzene rings is 2. The summed E-state index contributed by atoms with van der Waals surface area (Å²) in [6.45, 7) is 9.28. The molecule has 1 unspecified atom stereocenters. The maximum atomic E-state index is 15.3. The number of rotatable bonds is 14. The predicted molar refractivity (Wildman–Crippen MR) is 191 cm³/mol. The summed E-state index contributed by atoms with van der Waals surface area (Å²) in [7, 11) is 1.61. The molecular formula is C38H38F2N4O5S. The number of amides is 3. The minimum atomic E-state index is -1.32. The Labute approximate surface area is 293 Å². The Kier molecular flexibility index (Phi) is 11.2. The molecule has 0 spiro atoms. The SMILES string of the molecule is C=C/C(=C\C=C(/C)F)NC(=O)C1(C(=O)Nc2ccc(Oc3ccnc4cc(-c5ccc(CN(C(C)=O)C(C)COC)cc5)sc34)c(F)c2)CC1. The number of thiophene rings is 1. The van der Waals surface area contributed by atoms with E-state index in [1.165, 1.54) is 48.6 Å². The zero-order valence-electron chi connectivity index (χ0n) is 28.2. The number of nitrogens with zero attached hydrogens (tertiary/aromatic N) is 2. The van der Waals surface area contributed by atoms with Crippen LogP contribution in [0.2, 0.25) is 0 Å². The van der Waals surface area contributed by atoms with Gasteiger partial charge in [0.2, 0.25) is 17.7 Å². The largest absolute Gasteiger partial charge is 0.453 e. The van der Waals surface area contributed by atoms with Crippen LogP contribution in [0.25, 0.3) is 20.7 Å². The van der Waals surface area contributed by atoms with Crippen molar-refractivity contribution in [3.63, 3.8) is 0 Å². The molecule has 260 valence electrons. The molecule has 1 aliphatic carbocycles. The monoisotopic (exact) mass is 700 g/mol. The lowest BCUT2D eigenvalue weighted by Gasteiger charge is -2.27. The number of methoxy groups -OCH3 is 1. The van der Waals surface area contributed by atoms with Crippen molar-refractivity contribution in [1.29, 1.82) is 0 Å². The quantitative estimate of drug-likeness (QED) is 0.102. The van der Waals surface area contributed by atoms with E-state index < -0.39 is 28.9 Å². The number of hydrogen-bond donors (Lipinski definition) is 2. The van der Waals surface area contributed by atoms with E-state index in [4.69, 9.17) is 9.47 Å². The van der Waals surface area contributed by atoms with Crippen molar-refractivity contribution < 1.29 is 32.6 Å². The number of pyridine rings is 1. The molecule has 2 N–H and O–H groups in total. The Morgan fingerprint density at radius 3 is 2.42 bits per heavy atom. The first-order valence-electron chi connectivity index (χ1n) is 15.9. The van der Waals surface area contributed by atoms with Gasteiger partial charge in [0.15, 0.2) is 11.6 Å². The van der Waals surface area contributed by atoms with Crippen LogP contribution in [0, 0.1) is 11.2 Å². The van der Waals surface area contributed by atoms with Gasteiger partial charge in [-0.2, -0.15) is 0 Å². The molecule has 3 amide bonds. The predicted octanol–water partition coefficient (Wildman–Crippen LogP) is 8.06. The Bertz CT molecular complexity index is 1980. The van der Waals surface area contributed by atoms with Crippen LogP contribution in [-0.4, -0.2) is 47.4 Å². The number of carbonyl (C=O) groups excluding carboxylic acids is 3. The van der Waals surface area contributed by atoms with E-state index in [0.717, 1.165) is 26.8 Å². The van der Waals surface area contributed by atoms with Gasteiger partial charge in [0, 0.05) is 55.2 Å². The topological polar surface area (TPSA) is 110 Å². The van der Waals surface area contributed by atoms with E-state index in [9.17, 15) is 18.8 Å². The molecular weight excluding hydrogens is 663 g/mol. The van der Waals surface area contributed by atoms with Gasteiger partial charge in [0.05, 0.1) is 28.7 Å². The minimum Gasteiger partial charge on any atom is -0.453 e. The van der Waals surface area contributed by atoms with Crippen LogP contribution in [0.3, 0.4) is 0 Å². The highest BCUT2D eigenvalue weighted by atomic mass is 32.1. The number of ether oxygens (including phenoxy) is 2. The summed E-state index contributed by atoms with van der Waals surface area (Å²) >= 11 is 1.45. The number of hydrogen-bond acceptors (Lipinski definition) is 7. The van der Waals surface area contributed by atoms with Crippen molar-refractivity contribution in [3.05, 3.63) is 109 Å². The molecule has 1 saturated carbocycles. The molecule has 50 heavy (non-hydrogen) atoms. The summed E-state index contributed by atoms with van der Waals surface area (Å²) in [6, 6.07) is 15.5. The van der Waals surface area contributed by atoms with Crippen LogP contribution >= 0.6 is 11.3 Å². The summed E-state index contributed by atoms with van der Waals surface area (Å²) in [5.41, 5.74) is 1.72. The van der Waals surface area contributed by atoms with Crippen molar-refractivity contribution in [2.24, 2.45) is 5.41 Å². The van der Waals surface area contributed by atoms with Crippen LogP contribution in [0.4, 0.5) is 14.5 Å². The van der Waals surface area contributed by atoms with E-state index >= 15 is 4.39 Å². The van der Waals surface area contributed by atoms with Gasteiger partial charge in [-0.25, -0.2) is 8.78 Å². The van der Waals surface area contributed by atoms with Crippen molar-refractivity contribution in [2.75, 3.05) is 19.0 Å². The number of allylic oxidation sites excluding steroid dienone is 4. The molecule has 0 bridgehead atoms. The second-order valence-electron chi connectivity index (χ2n) is 12.1. The van der Waals surface area contributed by atoms with E-state index in [0.29, 0.717) is 37.3 Å². The first kappa shape index (κ1) is 36.1. The first-order valence-corrected chi connectivity index (χ1v) is 16.8. The summed E-state index contributed by atoms with van der Waals surface area (Å²) in [6.07, 6.45) is 6.09. The lowest BCUT2D eigenvalue weighted by molar-refractivity contribution is -0.134. The lowest BCUT2D eigenvalue weighted by Crippen LogP contribution is -2.39. The van der Waals surface area contributed by atoms with Crippen LogP contribution in [0.15, 0.2) is 97.1 Å². The van der Waals surface area contributed by atoms with Crippen LogP contribution in [-0.2, 0) is 25.7 Å². The van der Waals surface area contributed by atoms with Crippen molar-refractivity contribution in [1.82, 2.24) is 15.2 Å². The molecule has 0 radical (unpaired) electrons. The average molecular weight is 701 g/mol. The Morgan fingerprint density at radius 2 is 1.80 bits per heavy atom. The third-order valence-electron chi connectivity index (χ3n) is 8.31. The minimum absolute atomic E-state index is 0.0270. The second-order valence-corrected chi connectivity index (χ2v) is 13.2. The Morgan fingerprint density at radius 1 is 1.06 bits per heavy atom. The standard InChI is InChI=1S/C38H38F2N4O5S/c1-6-28(12-7-23(2)39)42-36(46)38(16-17-38)37(47)43-29-13-14-32(30(40)19-29)49-33-15-18-41-31-20-34(50-35(31)33)27-10-8-26(9-11-27)21-44(25(4)45)24(3)22-48-5/h6-15,18-20,24H,1,16-17,21-22H2,2-5H3,(H,42,46)(H,43,47)/b23-7+,28-12+. The molecule has 2 aromatic carbocycles. The molecule has 9 nitrogen and oxygen atoms in total. The third-order valence-corrected chi connectivity index (χ3v) is 9.50. The molecule has 12 heteroatoms. The maximum absolute atomic E-state index is 15.3. The molecule has 0 aliphatic heterocycles. The fourth-order valence-corrected chi connectivity index (χ4v) is 6.42. The fourth-order valence-electron chi connectivity index (χ4n) is 5.35. The number of anilines is 1. The highest BCUT2D eigenvalue weighted by molar-refractivity contribution is 7.22. The smallest absolute Gasteiger partial charge is 0.240 e. The van der Waals surface area contributed by atoms with Gasteiger partial charge in [0.1, 0.15) is 11.2 Å². The number of halogens is 2. The van der Waals surface area contributed by atoms with E-state index in [-0.39, 0.29) is 29.1 Å². The average Bonchev–Trinajstić information content (AvgIpc) is 3.79. The van der Waals surface area contributed by atoms with Gasteiger partial charge in [-0.3, -0.25) is 19.4 Å². The van der Waals surface area contributed by atoms with E-state index in [1.807, 2.05) is 37.3 Å². The first-order chi connectivity index (χ1) is 23.9. The number of carbonyl (C=O) groups is 3. The Balaban J connectivity index is 1.27. The van der Waals surface area contributed by atoms with Crippen LogP contribution in [0.5, 0.6) is 11.5 Å². The highest BCUT2D eigenvalue weighted by Crippen LogP contribution is 2.47. The van der Waals surface area contributed by atoms with Crippen LogP contribution in [0.1, 0.15) is 39.2 Å². The normalized spacial score (nSPS) is 14.5. The van der Waals surface area contributed by atoms with Gasteiger partial charge in [0.25, 0.3) is 0 Å². The molecule has 1 fully saturated rings. The lowest BCUT2D eigenvalue weighted by atomic mass is 10.0. The summed E-state index contributed by atoms with van der Waals surface area (Å²) < 4.78 is 40.4. The highest BCUT2D eigenvalue weighted by Gasteiger charge is 2.56. The summed E-state index contributed by atoms with van der Waals surface area (Å²) in [5.74, 6) is -1.95. The molecule has 0 saturated heterocycles. The van der Waals surface area contributed by atoms with Crippen molar-refractivity contribution >= 4 is 45.0 Å². The van der Waals surface area contributed by atoms with Gasteiger partial charge in [-0.15, -0.1) is 11.3 Å². The number of fused-ring (bicyclic) bond motifs is 1. The zero-order chi connectivity index (χ0) is 36.0. The van der Waals surface area contributed by atoms with Gasteiger partial charge >= 0.3 is 0 Å². The fraction of sp³-hybridized carbons (Fsp3) is 0.263. The van der Waals surface area contributed by atoms with Gasteiger partial charge < -0.3 is 25.0 Å². The molecule has 2 heterocycles. The number of aromatic nitrogens is 1. The van der Waals surface area contributed by atoms with E-state index in [2.05, 4.69) is 22.2 Å². The maximum Gasteiger partial charge on any atom is 0.240 e. The molecule has 1 atom stereocenters. The molecule has 4 aromatic rings. The van der Waals surface area contributed by atoms with Gasteiger partial charge in [-0.1, -0.05) is 30.8 Å². The van der Waals surface area contributed by atoms with Crippen molar-refractivity contribution in [3.8, 4) is 21.9 Å². The van der Waals surface area contributed by atoms with Gasteiger partial charge in [-0.05, 0) is 74.2 Å². The molecule has 1 aliphatic rings. The second kappa shape index (κ2) is 15.6. The van der Waals surface area contributed by atoms with E-state index in [1.54, 1.807) is 31.2 Å². The van der Waals surface area contributed by atoms with Crippen LogP contribution < -0.4 is 15.4 Å². The summed E-state index contributed by atoms with van der Waals surface area (Å²) in [4.78, 5) is 45.4. The number of nitrogens with one attached hydrogen (secondary N) is 2. The zero-order valence-corrected chi connectivity index (χ0v) is 29.0. The molecule has 5 rings (SSSR count). The van der Waals surface area contributed by atoms with Crippen molar-refractivity contribution in [2.45, 2.75) is 46.2 Å².